The van der Waals surface area contributed by atoms with E-state index in [0.29, 0.717) is 12.5 Å². The molecule has 3 aliphatic heterocycles. The maximum Gasteiger partial charge on any atom is 0.311 e. The van der Waals surface area contributed by atoms with Crippen molar-refractivity contribution in [3.63, 3.8) is 0 Å². The molecule has 5 fully saturated rings. The van der Waals surface area contributed by atoms with E-state index in [4.69, 9.17) is 4.74 Å². The summed E-state index contributed by atoms with van der Waals surface area (Å²) in [7, 11) is 1.50. The monoisotopic (exact) mass is 354 g/mol. The van der Waals surface area contributed by atoms with Gasteiger partial charge in [-0.05, 0) is 56.8 Å². The van der Waals surface area contributed by atoms with Gasteiger partial charge in [0.15, 0.2) is 0 Å². The molecule has 1 aromatic carbocycles. The van der Waals surface area contributed by atoms with Gasteiger partial charge >= 0.3 is 5.97 Å². The summed E-state index contributed by atoms with van der Waals surface area (Å²) in [6, 6.07) is 8.91. The van der Waals surface area contributed by atoms with Crippen molar-refractivity contribution in [1.29, 1.82) is 0 Å². The van der Waals surface area contributed by atoms with E-state index in [1.54, 1.807) is 0 Å². The lowest BCUT2D eigenvalue weighted by Crippen LogP contribution is -2.80. The number of anilines is 1. The lowest BCUT2D eigenvalue weighted by atomic mass is 9.38. The Hall–Kier alpha value is -1.59. The number of esters is 1. The van der Waals surface area contributed by atoms with E-state index in [9.17, 15) is 9.90 Å². The Kier molecular flexibility index (Phi) is 2.75. The molecule has 0 aromatic heterocycles. The Morgan fingerprint density at radius 3 is 2.96 bits per heavy atom. The van der Waals surface area contributed by atoms with E-state index in [1.807, 2.05) is 0 Å². The molecule has 5 nitrogen and oxygen atoms in total. The van der Waals surface area contributed by atoms with E-state index in [1.165, 1.54) is 12.7 Å². The van der Waals surface area contributed by atoms with Gasteiger partial charge in [0, 0.05) is 22.6 Å². The Balaban J connectivity index is 1.66. The number of fused-ring (bicyclic) bond motifs is 3. The fourth-order valence-corrected chi connectivity index (χ4v) is 8.02. The average molecular weight is 354 g/mol. The van der Waals surface area contributed by atoms with Crippen LogP contribution in [0.4, 0.5) is 5.69 Å². The first kappa shape index (κ1) is 15.5. The van der Waals surface area contributed by atoms with Crippen molar-refractivity contribution in [3.05, 3.63) is 29.8 Å². The summed E-state index contributed by atoms with van der Waals surface area (Å²) >= 11 is 0. The molecule has 3 saturated carbocycles. The third-order valence-electron chi connectivity index (χ3n) is 8.66. The van der Waals surface area contributed by atoms with Gasteiger partial charge < -0.3 is 15.2 Å². The number of hydrogen-bond acceptors (Lipinski definition) is 5. The number of aliphatic hydroxyl groups excluding tert-OH is 1. The quantitative estimate of drug-likeness (QED) is 0.755. The number of ether oxygens (including phenoxy) is 1. The molecular formula is C21H26N2O3. The lowest BCUT2D eigenvalue weighted by molar-refractivity contribution is -0.204. The normalized spacial score (nSPS) is 47.7. The first-order valence-corrected chi connectivity index (χ1v) is 9.97. The molecule has 3 spiro atoms. The maximum atomic E-state index is 12.9. The highest BCUT2D eigenvalue weighted by molar-refractivity contribution is 5.81. The number of methoxy groups -OCH3 is 1. The molecule has 3 heterocycles. The molecule has 138 valence electrons. The second-order valence-corrected chi connectivity index (χ2v) is 9.14. The number of nitrogens with one attached hydrogen (secondary N) is 1. The van der Waals surface area contributed by atoms with Crippen LogP contribution in [0.5, 0.6) is 0 Å². The van der Waals surface area contributed by atoms with Crippen LogP contribution in [0.15, 0.2) is 24.3 Å². The van der Waals surface area contributed by atoms with Crippen LogP contribution in [0.3, 0.4) is 0 Å². The Bertz CT molecular complexity index is 812. The minimum absolute atomic E-state index is 0.0969. The molecule has 6 atom stereocenters. The van der Waals surface area contributed by atoms with E-state index in [2.05, 4.69) is 34.5 Å². The van der Waals surface area contributed by atoms with Gasteiger partial charge in [0.1, 0.15) is 0 Å². The molecule has 26 heavy (non-hydrogen) atoms. The van der Waals surface area contributed by atoms with Crippen LogP contribution in [0.1, 0.15) is 37.7 Å². The van der Waals surface area contributed by atoms with Gasteiger partial charge in [-0.1, -0.05) is 18.2 Å². The summed E-state index contributed by atoms with van der Waals surface area (Å²) in [5, 5.41) is 15.1. The molecule has 2 bridgehead atoms. The summed E-state index contributed by atoms with van der Waals surface area (Å²) < 4.78 is 5.28. The molecule has 2 N–H and O–H groups in total. The number of benzene rings is 1. The zero-order chi connectivity index (χ0) is 17.7. The fraction of sp³-hybridized carbons (Fsp3) is 0.667. The molecule has 6 aliphatic rings. The van der Waals surface area contributed by atoms with Crippen LogP contribution >= 0.6 is 0 Å². The van der Waals surface area contributed by atoms with Gasteiger partial charge in [-0.15, -0.1) is 0 Å². The Labute approximate surface area is 153 Å². The van der Waals surface area contributed by atoms with Gasteiger partial charge in [-0.2, -0.15) is 0 Å². The Morgan fingerprint density at radius 1 is 1.27 bits per heavy atom. The smallest absolute Gasteiger partial charge is 0.311 e. The van der Waals surface area contributed by atoms with Crippen LogP contribution in [0, 0.1) is 11.3 Å². The molecule has 0 unspecified atom stereocenters. The number of carbonyl (C=O) groups excluding carboxylic acids is 1. The largest absolute Gasteiger partial charge is 0.469 e. The van der Waals surface area contributed by atoms with Crippen LogP contribution in [0.25, 0.3) is 0 Å². The number of carbonyl (C=O) groups is 1. The zero-order valence-corrected chi connectivity index (χ0v) is 15.2. The number of nitrogens with zero attached hydrogens (tertiary/aromatic N) is 1. The minimum atomic E-state index is -0.429. The van der Waals surface area contributed by atoms with E-state index in [-0.39, 0.29) is 28.8 Å². The summed E-state index contributed by atoms with van der Waals surface area (Å²) in [5.74, 6) is -0.309. The molecule has 2 saturated heterocycles. The van der Waals surface area contributed by atoms with Crippen molar-refractivity contribution < 1.29 is 14.6 Å². The topological polar surface area (TPSA) is 61.8 Å². The summed E-state index contributed by atoms with van der Waals surface area (Å²) in [6.07, 6.45) is 4.21. The third-order valence-corrected chi connectivity index (χ3v) is 8.66. The molecular weight excluding hydrogens is 328 g/mol. The number of piperidine rings is 1. The van der Waals surface area contributed by atoms with Crippen LogP contribution in [-0.2, 0) is 14.9 Å². The van der Waals surface area contributed by atoms with Crippen LogP contribution in [-0.4, -0.2) is 53.9 Å². The van der Waals surface area contributed by atoms with Crippen molar-refractivity contribution in [2.24, 2.45) is 11.3 Å². The molecule has 5 heteroatoms. The van der Waals surface area contributed by atoms with Crippen molar-refractivity contribution >= 4 is 11.7 Å². The van der Waals surface area contributed by atoms with Crippen molar-refractivity contribution in [2.45, 2.75) is 55.2 Å². The lowest BCUT2D eigenvalue weighted by Gasteiger charge is -2.70. The summed E-state index contributed by atoms with van der Waals surface area (Å²) in [5.41, 5.74) is 1.80. The highest BCUT2D eigenvalue weighted by atomic mass is 16.5. The number of rotatable bonds is 1. The predicted molar refractivity (Wildman–Crippen MR) is 96.9 cm³/mol. The van der Waals surface area contributed by atoms with Gasteiger partial charge in [0.25, 0.3) is 0 Å². The second-order valence-electron chi connectivity index (χ2n) is 9.14. The number of aliphatic hydroxyl groups is 1. The first-order valence-electron chi connectivity index (χ1n) is 9.97. The zero-order valence-electron chi connectivity index (χ0n) is 15.2. The van der Waals surface area contributed by atoms with Gasteiger partial charge in [-0.3, -0.25) is 9.69 Å². The minimum Gasteiger partial charge on any atom is -0.469 e. The van der Waals surface area contributed by atoms with Gasteiger partial charge in [-0.25, -0.2) is 0 Å². The standard InChI is InChI=1S/C21H26N2O3/c1-26-17(25)14-11-19-7-4-9-23-10-8-20(18(19)23)13-5-2-3-6-15(13)22-21(14,20)12-16(19)24/h2-3,5-6,14,16,18,22,24H,4,7-12H2,1H3/t14-,16+,18-,19-,20+,21+/m0/s1. The molecule has 3 aliphatic carbocycles. The van der Waals surface area contributed by atoms with Crippen molar-refractivity contribution in [3.8, 4) is 0 Å². The molecule has 0 amide bonds. The van der Waals surface area contributed by atoms with Crippen molar-refractivity contribution in [2.75, 3.05) is 25.5 Å². The van der Waals surface area contributed by atoms with Crippen LogP contribution < -0.4 is 5.32 Å². The first-order chi connectivity index (χ1) is 12.6. The molecule has 1 aromatic rings. The summed E-state index contributed by atoms with van der Waals surface area (Å²) in [4.78, 5) is 15.6. The average Bonchev–Trinajstić information content (AvgIpc) is 3.19. The summed E-state index contributed by atoms with van der Waals surface area (Å²) in [6.45, 7) is 2.17. The number of hydrogen-bond donors (Lipinski definition) is 2. The van der Waals surface area contributed by atoms with E-state index < -0.39 is 5.54 Å². The maximum absolute atomic E-state index is 12.9. The fourth-order valence-electron chi connectivity index (χ4n) is 8.02. The van der Waals surface area contributed by atoms with Gasteiger partial charge in [0.2, 0.25) is 0 Å². The van der Waals surface area contributed by atoms with E-state index in [0.717, 1.165) is 44.5 Å². The second kappa shape index (κ2) is 4.63. The third kappa shape index (κ3) is 1.38. The SMILES string of the molecule is COC(=O)[C@@H]1C[C@@]23CCCN4CC[C@@]5(c6ccccc6N[C@]15C[C@H]2O)[C@@H]43. The Morgan fingerprint density at radius 2 is 2.12 bits per heavy atom. The van der Waals surface area contributed by atoms with Crippen molar-refractivity contribution in [1.82, 2.24) is 4.90 Å². The van der Waals surface area contributed by atoms with Gasteiger partial charge in [0.05, 0.1) is 24.7 Å². The highest BCUT2D eigenvalue weighted by Gasteiger charge is 2.81. The highest BCUT2D eigenvalue weighted by Crippen LogP contribution is 2.74. The number of para-hydroxylation sites is 1. The van der Waals surface area contributed by atoms with Crippen LogP contribution in [0.2, 0.25) is 0 Å². The predicted octanol–water partition coefficient (Wildman–Crippen LogP) is 1.90. The molecule has 7 rings (SSSR count). The molecule has 0 radical (unpaired) electrons. The van der Waals surface area contributed by atoms with E-state index >= 15 is 0 Å².